The molecular weight excluding hydrogens is 333 g/mol. The van der Waals surface area contributed by atoms with Crippen molar-refractivity contribution in [2.45, 2.75) is 39.3 Å². The number of aryl methyl sites for hydroxylation is 1. The minimum Gasteiger partial charge on any atom is -0.310 e. The summed E-state index contributed by atoms with van der Waals surface area (Å²) in [6.07, 6.45) is 5.77. The Hall–Kier alpha value is -1.20. The molecule has 0 aliphatic carbocycles. The first-order valence-electron chi connectivity index (χ1n) is 7.33. The summed E-state index contributed by atoms with van der Waals surface area (Å²) >= 11 is 3.53. The van der Waals surface area contributed by atoms with Gasteiger partial charge in [-0.05, 0) is 55.6 Å². The van der Waals surface area contributed by atoms with Gasteiger partial charge in [0.2, 0.25) is 0 Å². The lowest BCUT2D eigenvalue weighted by atomic mass is 10.0. The maximum Gasteiger partial charge on any atom is 0.123 e. The van der Waals surface area contributed by atoms with Crippen LogP contribution >= 0.6 is 15.9 Å². The van der Waals surface area contributed by atoms with Crippen LogP contribution in [0.4, 0.5) is 4.39 Å². The second kappa shape index (κ2) is 7.71. The van der Waals surface area contributed by atoms with Crippen LogP contribution in [0.5, 0.6) is 0 Å². The second-order valence-corrected chi connectivity index (χ2v) is 5.94. The number of nitrogens with zero attached hydrogens (tertiary/aromatic N) is 2. The van der Waals surface area contributed by atoms with E-state index in [0.29, 0.717) is 0 Å². The van der Waals surface area contributed by atoms with Gasteiger partial charge in [-0.2, -0.15) is 5.10 Å². The standard InChI is InChI=1S/C16H21BrFN3/c1-3-7-19-16(8-12-10-20-21(4-2)11-12)14-9-13(18)5-6-15(14)17/h5-6,9-11,16,19H,3-4,7-8H2,1-2H3. The van der Waals surface area contributed by atoms with Gasteiger partial charge >= 0.3 is 0 Å². The average molecular weight is 354 g/mol. The van der Waals surface area contributed by atoms with E-state index in [2.05, 4.69) is 40.2 Å². The van der Waals surface area contributed by atoms with Crippen LogP contribution in [0.25, 0.3) is 0 Å². The van der Waals surface area contributed by atoms with E-state index in [-0.39, 0.29) is 11.9 Å². The maximum absolute atomic E-state index is 13.6. The Kier molecular flexibility index (Phi) is 5.94. The van der Waals surface area contributed by atoms with Gasteiger partial charge in [0, 0.05) is 23.3 Å². The van der Waals surface area contributed by atoms with E-state index in [1.807, 2.05) is 17.1 Å². The van der Waals surface area contributed by atoms with Crippen LogP contribution in [0.15, 0.2) is 35.1 Å². The van der Waals surface area contributed by atoms with E-state index in [1.165, 1.54) is 6.07 Å². The third kappa shape index (κ3) is 4.38. The van der Waals surface area contributed by atoms with Crippen molar-refractivity contribution in [1.29, 1.82) is 0 Å². The van der Waals surface area contributed by atoms with Gasteiger partial charge in [-0.3, -0.25) is 4.68 Å². The van der Waals surface area contributed by atoms with E-state index < -0.39 is 0 Å². The van der Waals surface area contributed by atoms with Crippen LogP contribution in [0.3, 0.4) is 0 Å². The Morgan fingerprint density at radius 2 is 2.19 bits per heavy atom. The lowest BCUT2D eigenvalue weighted by Crippen LogP contribution is -2.24. The van der Waals surface area contributed by atoms with Crippen molar-refractivity contribution in [3.8, 4) is 0 Å². The summed E-state index contributed by atoms with van der Waals surface area (Å²) < 4.78 is 16.4. The molecule has 21 heavy (non-hydrogen) atoms. The number of halogens is 2. The van der Waals surface area contributed by atoms with Gasteiger partial charge in [0.1, 0.15) is 5.82 Å². The van der Waals surface area contributed by atoms with Crippen molar-refractivity contribution in [1.82, 2.24) is 15.1 Å². The molecule has 1 aromatic carbocycles. The summed E-state index contributed by atoms with van der Waals surface area (Å²) in [5.41, 5.74) is 2.11. The fraction of sp³-hybridized carbons (Fsp3) is 0.438. The predicted molar refractivity (Wildman–Crippen MR) is 86.7 cm³/mol. The zero-order chi connectivity index (χ0) is 15.2. The van der Waals surface area contributed by atoms with E-state index in [4.69, 9.17) is 0 Å². The number of aromatic nitrogens is 2. The lowest BCUT2D eigenvalue weighted by Gasteiger charge is -2.20. The zero-order valence-electron chi connectivity index (χ0n) is 12.4. The van der Waals surface area contributed by atoms with Crippen molar-refractivity contribution < 1.29 is 4.39 Å². The largest absolute Gasteiger partial charge is 0.310 e. The molecule has 1 aromatic heterocycles. The first-order valence-corrected chi connectivity index (χ1v) is 8.13. The molecule has 1 heterocycles. The van der Waals surface area contributed by atoms with Crippen molar-refractivity contribution in [3.63, 3.8) is 0 Å². The van der Waals surface area contributed by atoms with Crippen molar-refractivity contribution in [3.05, 3.63) is 52.0 Å². The van der Waals surface area contributed by atoms with Crippen LogP contribution < -0.4 is 5.32 Å². The van der Waals surface area contributed by atoms with Crippen LogP contribution in [0.2, 0.25) is 0 Å². The Morgan fingerprint density at radius 3 is 2.86 bits per heavy atom. The molecule has 1 atom stereocenters. The van der Waals surface area contributed by atoms with E-state index in [9.17, 15) is 4.39 Å². The van der Waals surface area contributed by atoms with Crippen LogP contribution in [-0.4, -0.2) is 16.3 Å². The zero-order valence-corrected chi connectivity index (χ0v) is 14.0. The van der Waals surface area contributed by atoms with Crippen molar-refractivity contribution in [2.24, 2.45) is 0 Å². The third-order valence-corrected chi connectivity index (χ3v) is 4.15. The highest BCUT2D eigenvalue weighted by Gasteiger charge is 2.16. The molecule has 0 amide bonds. The highest BCUT2D eigenvalue weighted by atomic mass is 79.9. The fourth-order valence-corrected chi connectivity index (χ4v) is 2.84. The minimum absolute atomic E-state index is 0.0736. The normalized spacial score (nSPS) is 12.6. The summed E-state index contributed by atoms with van der Waals surface area (Å²) in [4.78, 5) is 0. The highest BCUT2D eigenvalue weighted by Crippen LogP contribution is 2.27. The number of nitrogens with one attached hydrogen (secondary N) is 1. The Morgan fingerprint density at radius 1 is 1.38 bits per heavy atom. The molecule has 0 saturated heterocycles. The topological polar surface area (TPSA) is 29.9 Å². The summed E-state index contributed by atoms with van der Waals surface area (Å²) in [5.74, 6) is -0.208. The predicted octanol–water partition coefficient (Wildman–Crippen LogP) is 4.09. The Labute approximate surface area is 133 Å². The van der Waals surface area contributed by atoms with Gasteiger partial charge in [-0.25, -0.2) is 4.39 Å². The molecule has 0 saturated carbocycles. The van der Waals surface area contributed by atoms with Crippen LogP contribution in [0.1, 0.15) is 37.4 Å². The summed E-state index contributed by atoms with van der Waals surface area (Å²) in [6.45, 7) is 5.94. The number of hydrogen-bond donors (Lipinski definition) is 1. The van der Waals surface area contributed by atoms with Crippen LogP contribution in [0, 0.1) is 5.82 Å². The molecule has 3 nitrogen and oxygen atoms in total. The molecule has 0 fully saturated rings. The molecular formula is C16H21BrFN3. The van der Waals surface area contributed by atoms with Gasteiger partial charge in [0.25, 0.3) is 0 Å². The molecule has 2 aromatic rings. The maximum atomic E-state index is 13.6. The molecule has 0 radical (unpaired) electrons. The van der Waals surface area contributed by atoms with E-state index >= 15 is 0 Å². The van der Waals surface area contributed by atoms with E-state index in [0.717, 1.165) is 41.5 Å². The molecule has 114 valence electrons. The first-order chi connectivity index (χ1) is 10.1. The molecule has 1 N–H and O–H groups in total. The van der Waals surface area contributed by atoms with Gasteiger partial charge in [0.05, 0.1) is 6.20 Å². The summed E-state index contributed by atoms with van der Waals surface area (Å²) in [5, 5.41) is 7.80. The van der Waals surface area contributed by atoms with E-state index in [1.54, 1.807) is 12.1 Å². The SMILES string of the molecule is CCCNC(Cc1cnn(CC)c1)c1cc(F)ccc1Br. The third-order valence-electron chi connectivity index (χ3n) is 3.42. The minimum atomic E-state index is -0.208. The number of hydrogen-bond acceptors (Lipinski definition) is 2. The molecule has 0 aliphatic rings. The van der Waals surface area contributed by atoms with Crippen molar-refractivity contribution >= 4 is 15.9 Å². The van der Waals surface area contributed by atoms with Crippen LogP contribution in [-0.2, 0) is 13.0 Å². The number of benzene rings is 1. The fourth-order valence-electron chi connectivity index (χ4n) is 2.31. The van der Waals surface area contributed by atoms with Gasteiger partial charge < -0.3 is 5.32 Å². The van der Waals surface area contributed by atoms with Crippen molar-refractivity contribution in [2.75, 3.05) is 6.54 Å². The summed E-state index contributed by atoms with van der Waals surface area (Å²) in [6, 6.07) is 4.91. The monoisotopic (exact) mass is 353 g/mol. The lowest BCUT2D eigenvalue weighted by molar-refractivity contribution is 0.522. The first kappa shape index (κ1) is 16.2. The molecule has 0 spiro atoms. The average Bonchev–Trinajstić information content (AvgIpc) is 2.94. The molecule has 5 heteroatoms. The molecule has 1 unspecified atom stereocenters. The van der Waals surface area contributed by atoms with Gasteiger partial charge in [-0.15, -0.1) is 0 Å². The Balaban J connectivity index is 2.22. The summed E-state index contributed by atoms with van der Waals surface area (Å²) in [7, 11) is 0. The molecule has 0 aliphatic heterocycles. The van der Waals surface area contributed by atoms with Gasteiger partial charge in [-0.1, -0.05) is 22.9 Å². The highest BCUT2D eigenvalue weighted by molar-refractivity contribution is 9.10. The number of rotatable bonds is 7. The Bertz CT molecular complexity index is 583. The smallest absolute Gasteiger partial charge is 0.123 e. The second-order valence-electron chi connectivity index (χ2n) is 5.08. The molecule has 2 rings (SSSR count). The molecule has 0 bridgehead atoms. The van der Waals surface area contributed by atoms with Gasteiger partial charge in [0.15, 0.2) is 0 Å². The quantitative estimate of drug-likeness (QED) is 0.812.